The number of nitrogens with zero attached hydrogens (tertiary/aromatic N) is 3. The van der Waals surface area contributed by atoms with Crippen LogP contribution in [0.1, 0.15) is 0 Å². The minimum Gasteiger partial charge on any atom is -0.466 e. The predicted octanol–water partition coefficient (Wildman–Crippen LogP) is 1.51. The van der Waals surface area contributed by atoms with Crippen molar-refractivity contribution in [2.24, 2.45) is 0 Å². The van der Waals surface area contributed by atoms with Gasteiger partial charge in [0.2, 0.25) is 5.95 Å². The molecule has 0 fully saturated rings. The van der Waals surface area contributed by atoms with Gasteiger partial charge in [-0.1, -0.05) is 17.7 Å². The number of aromatic nitrogens is 3. The zero-order valence-electron chi connectivity index (χ0n) is 8.01. The number of halogens is 1. The van der Waals surface area contributed by atoms with Crippen molar-refractivity contribution in [3.8, 4) is 11.7 Å². The third-order valence-corrected chi connectivity index (χ3v) is 2.08. The summed E-state index contributed by atoms with van der Waals surface area (Å²) in [7, 11) is 1.48. The van der Waals surface area contributed by atoms with Gasteiger partial charge < -0.3 is 10.5 Å². The summed E-state index contributed by atoms with van der Waals surface area (Å²) in [5, 5.41) is 4.65. The molecule has 0 unspecified atom stereocenters. The number of methoxy groups -OCH3 is 1. The molecular formula is C9H9ClN4O. The predicted molar refractivity (Wildman–Crippen MR) is 57.3 cm³/mol. The van der Waals surface area contributed by atoms with Crippen LogP contribution in [0.15, 0.2) is 24.3 Å². The normalized spacial score (nSPS) is 10.3. The Morgan fingerprint density at radius 3 is 2.87 bits per heavy atom. The zero-order chi connectivity index (χ0) is 10.8. The molecule has 2 N–H and O–H groups in total. The van der Waals surface area contributed by atoms with Crippen molar-refractivity contribution in [1.82, 2.24) is 14.8 Å². The lowest BCUT2D eigenvalue weighted by Gasteiger charge is -2.01. The molecule has 0 amide bonds. The Kier molecular flexibility index (Phi) is 2.47. The lowest BCUT2D eigenvalue weighted by Crippen LogP contribution is -2.02. The molecule has 15 heavy (non-hydrogen) atoms. The average molecular weight is 225 g/mol. The molecule has 0 saturated heterocycles. The molecule has 0 saturated carbocycles. The number of anilines is 1. The molecule has 0 spiro atoms. The summed E-state index contributed by atoms with van der Waals surface area (Å²) in [4.78, 5) is 3.90. The van der Waals surface area contributed by atoms with Crippen molar-refractivity contribution >= 4 is 17.5 Å². The van der Waals surface area contributed by atoms with Crippen LogP contribution in [0.2, 0.25) is 5.02 Å². The van der Waals surface area contributed by atoms with E-state index in [0.29, 0.717) is 5.02 Å². The summed E-state index contributed by atoms with van der Waals surface area (Å²) in [6, 6.07) is 7.38. The summed E-state index contributed by atoms with van der Waals surface area (Å²) >= 11 is 5.85. The Balaban J connectivity index is 2.48. The maximum Gasteiger partial charge on any atom is 0.337 e. The fraction of sp³-hybridized carbons (Fsp3) is 0.111. The second-order valence-corrected chi connectivity index (χ2v) is 3.28. The average Bonchev–Trinajstić information content (AvgIpc) is 2.60. The van der Waals surface area contributed by atoms with E-state index in [1.165, 1.54) is 11.8 Å². The van der Waals surface area contributed by atoms with Gasteiger partial charge in [0.1, 0.15) is 0 Å². The number of nitrogen functional groups attached to an aromatic ring is 1. The molecule has 1 aromatic heterocycles. The lowest BCUT2D eigenvalue weighted by molar-refractivity contribution is 0.380. The minimum atomic E-state index is 0.229. The van der Waals surface area contributed by atoms with Gasteiger partial charge in [0, 0.05) is 5.02 Å². The van der Waals surface area contributed by atoms with Crippen molar-refractivity contribution in [3.05, 3.63) is 29.3 Å². The van der Waals surface area contributed by atoms with Gasteiger partial charge >= 0.3 is 6.01 Å². The highest BCUT2D eigenvalue weighted by atomic mass is 35.5. The fourth-order valence-electron chi connectivity index (χ4n) is 1.19. The van der Waals surface area contributed by atoms with Crippen LogP contribution in [0.5, 0.6) is 6.01 Å². The van der Waals surface area contributed by atoms with Crippen LogP contribution < -0.4 is 10.5 Å². The lowest BCUT2D eigenvalue weighted by atomic mass is 10.3. The molecule has 0 radical (unpaired) electrons. The number of hydrogen-bond donors (Lipinski definition) is 1. The highest BCUT2D eigenvalue weighted by Crippen LogP contribution is 2.18. The SMILES string of the molecule is COc1nc(N)n(-c2cccc(Cl)c2)n1. The molecule has 0 aliphatic carbocycles. The molecule has 6 heteroatoms. The van der Waals surface area contributed by atoms with Gasteiger partial charge in [-0.3, -0.25) is 0 Å². The third-order valence-electron chi connectivity index (χ3n) is 1.85. The molecule has 0 bridgehead atoms. The molecule has 5 nitrogen and oxygen atoms in total. The molecule has 1 heterocycles. The van der Waals surface area contributed by atoms with E-state index in [4.69, 9.17) is 22.1 Å². The molecule has 78 valence electrons. The largest absolute Gasteiger partial charge is 0.466 e. The van der Waals surface area contributed by atoms with Crippen LogP contribution in [-0.4, -0.2) is 21.9 Å². The monoisotopic (exact) mass is 224 g/mol. The molecule has 2 rings (SSSR count). The van der Waals surface area contributed by atoms with E-state index in [-0.39, 0.29) is 12.0 Å². The van der Waals surface area contributed by atoms with Crippen LogP contribution >= 0.6 is 11.6 Å². The summed E-state index contributed by atoms with van der Waals surface area (Å²) in [6.07, 6.45) is 0. The minimum absolute atomic E-state index is 0.229. The number of nitrogens with two attached hydrogens (primary N) is 1. The number of hydrogen-bond acceptors (Lipinski definition) is 4. The first-order valence-electron chi connectivity index (χ1n) is 4.23. The Labute approximate surface area is 91.4 Å². The zero-order valence-corrected chi connectivity index (χ0v) is 8.77. The van der Waals surface area contributed by atoms with Gasteiger partial charge in [-0.25, -0.2) is 0 Å². The number of benzene rings is 1. The van der Waals surface area contributed by atoms with Gasteiger partial charge in [-0.15, -0.1) is 5.10 Å². The van der Waals surface area contributed by atoms with E-state index in [9.17, 15) is 0 Å². The summed E-state index contributed by atoms with van der Waals surface area (Å²) in [5.41, 5.74) is 6.41. The smallest absolute Gasteiger partial charge is 0.337 e. The maximum atomic E-state index is 5.85. The van der Waals surface area contributed by atoms with E-state index in [1.807, 2.05) is 12.1 Å². The van der Waals surface area contributed by atoms with Crippen LogP contribution in [0.3, 0.4) is 0 Å². The van der Waals surface area contributed by atoms with Gasteiger partial charge in [-0.05, 0) is 18.2 Å². The second kappa shape index (κ2) is 3.78. The van der Waals surface area contributed by atoms with Crippen LogP contribution in [-0.2, 0) is 0 Å². The van der Waals surface area contributed by atoms with Gasteiger partial charge in [-0.2, -0.15) is 9.67 Å². The van der Waals surface area contributed by atoms with Crippen molar-refractivity contribution in [2.75, 3.05) is 12.8 Å². The van der Waals surface area contributed by atoms with Crippen LogP contribution in [0, 0.1) is 0 Å². The molecule has 1 aromatic carbocycles. The van der Waals surface area contributed by atoms with E-state index >= 15 is 0 Å². The topological polar surface area (TPSA) is 66.0 Å². The summed E-state index contributed by atoms with van der Waals surface area (Å²) in [6.45, 7) is 0. The van der Waals surface area contributed by atoms with Gasteiger partial charge in [0.25, 0.3) is 0 Å². The van der Waals surface area contributed by atoms with E-state index < -0.39 is 0 Å². The molecular weight excluding hydrogens is 216 g/mol. The van der Waals surface area contributed by atoms with Crippen molar-refractivity contribution in [1.29, 1.82) is 0 Å². The Morgan fingerprint density at radius 1 is 1.47 bits per heavy atom. The third kappa shape index (κ3) is 1.87. The van der Waals surface area contributed by atoms with Crippen LogP contribution in [0.4, 0.5) is 5.95 Å². The second-order valence-electron chi connectivity index (χ2n) is 2.85. The molecule has 0 atom stereocenters. The first-order valence-corrected chi connectivity index (χ1v) is 4.61. The maximum absolute atomic E-state index is 5.85. The Bertz CT molecular complexity index is 483. The molecule has 0 aliphatic heterocycles. The van der Waals surface area contributed by atoms with Crippen molar-refractivity contribution < 1.29 is 4.74 Å². The summed E-state index contributed by atoms with van der Waals surface area (Å²) < 4.78 is 6.33. The van der Waals surface area contributed by atoms with E-state index in [2.05, 4.69) is 10.1 Å². The highest BCUT2D eigenvalue weighted by molar-refractivity contribution is 6.30. The van der Waals surface area contributed by atoms with E-state index in [0.717, 1.165) is 5.69 Å². The van der Waals surface area contributed by atoms with Gasteiger partial charge in [0.15, 0.2) is 0 Å². The Hall–Kier alpha value is -1.75. The number of ether oxygens (including phenoxy) is 1. The quantitative estimate of drug-likeness (QED) is 0.840. The molecule has 0 aliphatic rings. The Morgan fingerprint density at radius 2 is 2.27 bits per heavy atom. The standard InChI is InChI=1S/C9H9ClN4O/c1-15-9-12-8(11)14(13-9)7-4-2-3-6(10)5-7/h2-5H,1H3,(H2,11,12,13). The first kappa shape index (κ1) is 9.79. The molecule has 2 aromatic rings. The van der Waals surface area contributed by atoms with Crippen LogP contribution in [0.25, 0.3) is 5.69 Å². The highest BCUT2D eigenvalue weighted by Gasteiger charge is 2.08. The van der Waals surface area contributed by atoms with Crippen molar-refractivity contribution in [2.45, 2.75) is 0 Å². The van der Waals surface area contributed by atoms with Crippen molar-refractivity contribution in [3.63, 3.8) is 0 Å². The van der Waals surface area contributed by atoms with Gasteiger partial charge in [0.05, 0.1) is 12.8 Å². The fourth-order valence-corrected chi connectivity index (χ4v) is 1.37. The first-order chi connectivity index (χ1) is 7.20. The van der Waals surface area contributed by atoms with E-state index in [1.54, 1.807) is 12.1 Å². The number of rotatable bonds is 2. The summed E-state index contributed by atoms with van der Waals surface area (Å²) in [5.74, 6) is 0.258.